The number of rotatable bonds is 6. The number of benzene rings is 1. The minimum atomic E-state index is -0.299. The van der Waals surface area contributed by atoms with E-state index < -0.39 is 0 Å². The highest BCUT2D eigenvalue weighted by Crippen LogP contribution is 2.23. The molecule has 2 rings (SSSR count). The van der Waals surface area contributed by atoms with Crippen LogP contribution in [0.3, 0.4) is 0 Å². The predicted octanol–water partition coefficient (Wildman–Crippen LogP) is 3.10. The molecule has 0 fully saturated rings. The van der Waals surface area contributed by atoms with E-state index in [4.69, 9.17) is 0 Å². The van der Waals surface area contributed by atoms with Crippen LogP contribution in [0.15, 0.2) is 29.4 Å². The van der Waals surface area contributed by atoms with Crippen LogP contribution in [-0.4, -0.2) is 25.9 Å². The molecule has 0 aliphatic heterocycles. The van der Waals surface area contributed by atoms with Gasteiger partial charge in [-0.25, -0.2) is 4.39 Å². The minimum Gasteiger partial charge on any atom is -0.349 e. The Morgan fingerprint density at radius 2 is 1.96 bits per heavy atom. The van der Waals surface area contributed by atoms with Crippen LogP contribution in [0.5, 0.6) is 0 Å². The number of hydrogen-bond acceptors (Lipinski definition) is 4. The zero-order valence-electron chi connectivity index (χ0n) is 13.7. The highest BCUT2D eigenvalue weighted by molar-refractivity contribution is 8.00. The van der Waals surface area contributed by atoms with Crippen molar-refractivity contribution in [1.82, 2.24) is 20.1 Å². The first-order valence-electron chi connectivity index (χ1n) is 7.54. The van der Waals surface area contributed by atoms with Crippen molar-refractivity contribution in [2.45, 2.75) is 50.7 Å². The topological polar surface area (TPSA) is 59.8 Å². The maximum atomic E-state index is 13.0. The number of hydrogen-bond donors (Lipinski definition) is 1. The van der Waals surface area contributed by atoms with E-state index in [0.29, 0.717) is 0 Å². The van der Waals surface area contributed by atoms with Crippen molar-refractivity contribution < 1.29 is 9.18 Å². The fourth-order valence-corrected chi connectivity index (χ4v) is 3.16. The summed E-state index contributed by atoms with van der Waals surface area (Å²) in [6, 6.07) is 5.95. The highest BCUT2D eigenvalue weighted by Gasteiger charge is 2.20. The van der Waals surface area contributed by atoms with Crippen molar-refractivity contribution in [3.05, 3.63) is 41.5 Å². The van der Waals surface area contributed by atoms with Gasteiger partial charge in [-0.2, -0.15) is 0 Å². The van der Waals surface area contributed by atoms with Crippen LogP contribution in [0.25, 0.3) is 0 Å². The molecule has 0 radical (unpaired) electrons. The maximum absolute atomic E-state index is 13.0. The second-order valence-electron chi connectivity index (χ2n) is 5.32. The smallest absolute Gasteiger partial charge is 0.233 e. The van der Waals surface area contributed by atoms with Gasteiger partial charge in [0, 0.05) is 6.54 Å². The van der Waals surface area contributed by atoms with Crippen LogP contribution in [0.2, 0.25) is 0 Å². The van der Waals surface area contributed by atoms with Gasteiger partial charge in [-0.3, -0.25) is 4.79 Å². The quantitative estimate of drug-likeness (QED) is 0.824. The summed E-state index contributed by atoms with van der Waals surface area (Å²) in [5, 5.41) is 11.5. The maximum Gasteiger partial charge on any atom is 0.233 e. The van der Waals surface area contributed by atoms with E-state index >= 15 is 0 Å². The normalized spacial score (nSPS) is 13.6. The number of carbonyl (C=O) groups is 1. The predicted molar refractivity (Wildman–Crippen MR) is 88.7 cm³/mol. The van der Waals surface area contributed by atoms with Gasteiger partial charge in [0.05, 0.1) is 11.3 Å². The first-order valence-corrected chi connectivity index (χ1v) is 8.42. The summed E-state index contributed by atoms with van der Waals surface area (Å²) in [5.74, 6) is 0.461. The van der Waals surface area contributed by atoms with E-state index in [9.17, 15) is 9.18 Å². The molecule has 124 valence electrons. The van der Waals surface area contributed by atoms with Crippen molar-refractivity contribution in [2.75, 3.05) is 0 Å². The standard InChI is InChI=1S/C16H21FN4OS/c1-5-21-12(4)19-20-16(21)23-11(3)15(22)18-10(2)13-6-8-14(17)9-7-13/h6-11H,5H2,1-4H3,(H,18,22)/t10-,11-/m0/s1. The number of nitrogens with zero attached hydrogens (tertiary/aromatic N) is 3. The fraction of sp³-hybridized carbons (Fsp3) is 0.438. The molecule has 1 amide bonds. The average molecular weight is 336 g/mol. The summed E-state index contributed by atoms with van der Waals surface area (Å²) < 4.78 is 14.9. The second-order valence-corrected chi connectivity index (χ2v) is 6.62. The van der Waals surface area contributed by atoms with E-state index in [1.165, 1.54) is 23.9 Å². The van der Waals surface area contributed by atoms with Crippen molar-refractivity contribution in [3.63, 3.8) is 0 Å². The summed E-state index contributed by atoms with van der Waals surface area (Å²) >= 11 is 1.38. The van der Waals surface area contributed by atoms with E-state index in [1.807, 2.05) is 32.3 Å². The van der Waals surface area contributed by atoms with Crippen molar-refractivity contribution in [3.8, 4) is 0 Å². The molecule has 2 aromatic rings. The Kier molecular flexibility index (Phi) is 5.76. The lowest BCUT2D eigenvalue weighted by Gasteiger charge is -2.17. The third kappa shape index (κ3) is 4.31. The zero-order valence-corrected chi connectivity index (χ0v) is 14.5. The number of thioether (sulfide) groups is 1. The van der Waals surface area contributed by atoms with Gasteiger partial charge in [-0.05, 0) is 45.4 Å². The van der Waals surface area contributed by atoms with E-state index in [2.05, 4.69) is 15.5 Å². The molecule has 0 unspecified atom stereocenters. The molecule has 0 saturated carbocycles. The van der Waals surface area contributed by atoms with Gasteiger partial charge >= 0.3 is 0 Å². The third-order valence-corrected chi connectivity index (χ3v) is 4.68. The van der Waals surface area contributed by atoms with Crippen LogP contribution in [0.4, 0.5) is 4.39 Å². The third-order valence-electron chi connectivity index (χ3n) is 3.60. The number of amides is 1. The number of aromatic nitrogens is 3. The van der Waals surface area contributed by atoms with Gasteiger partial charge in [0.1, 0.15) is 11.6 Å². The Hall–Kier alpha value is -1.89. The molecule has 0 saturated heterocycles. The monoisotopic (exact) mass is 336 g/mol. The molecular weight excluding hydrogens is 315 g/mol. The van der Waals surface area contributed by atoms with Crippen LogP contribution < -0.4 is 5.32 Å². The largest absolute Gasteiger partial charge is 0.349 e. The number of aryl methyl sites for hydroxylation is 1. The van der Waals surface area contributed by atoms with Gasteiger partial charge < -0.3 is 9.88 Å². The highest BCUT2D eigenvalue weighted by atomic mass is 32.2. The molecule has 23 heavy (non-hydrogen) atoms. The van der Waals surface area contributed by atoms with Gasteiger partial charge in [0.25, 0.3) is 0 Å². The molecule has 5 nitrogen and oxygen atoms in total. The first kappa shape index (κ1) is 17.5. The van der Waals surface area contributed by atoms with Crippen molar-refractivity contribution >= 4 is 17.7 Å². The van der Waals surface area contributed by atoms with E-state index in [0.717, 1.165) is 23.1 Å². The lowest BCUT2D eigenvalue weighted by atomic mass is 10.1. The van der Waals surface area contributed by atoms with Crippen LogP contribution in [-0.2, 0) is 11.3 Å². The number of nitrogens with one attached hydrogen (secondary N) is 1. The lowest BCUT2D eigenvalue weighted by Crippen LogP contribution is -2.33. The number of carbonyl (C=O) groups excluding carboxylic acids is 1. The van der Waals surface area contributed by atoms with Gasteiger partial charge in [0.2, 0.25) is 5.91 Å². The van der Waals surface area contributed by atoms with Crippen LogP contribution >= 0.6 is 11.8 Å². The Morgan fingerprint density at radius 3 is 2.57 bits per heavy atom. The molecule has 0 spiro atoms. The summed E-state index contributed by atoms with van der Waals surface area (Å²) in [5.41, 5.74) is 0.865. The number of halogens is 1. The summed E-state index contributed by atoms with van der Waals surface area (Å²) in [6.07, 6.45) is 0. The summed E-state index contributed by atoms with van der Waals surface area (Å²) in [4.78, 5) is 12.3. The first-order chi connectivity index (χ1) is 10.9. The summed E-state index contributed by atoms with van der Waals surface area (Å²) in [6.45, 7) is 8.38. The second kappa shape index (κ2) is 7.59. The lowest BCUT2D eigenvalue weighted by molar-refractivity contribution is -0.120. The fourth-order valence-electron chi connectivity index (χ4n) is 2.19. The van der Waals surface area contributed by atoms with Crippen LogP contribution in [0, 0.1) is 12.7 Å². The van der Waals surface area contributed by atoms with Crippen LogP contribution in [0.1, 0.15) is 38.2 Å². The van der Waals surface area contributed by atoms with Crippen molar-refractivity contribution in [2.24, 2.45) is 0 Å². The molecular formula is C16H21FN4OS. The van der Waals surface area contributed by atoms with Gasteiger partial charge in [0.15, 0.2) is 5.16 Å². The summed E-state index contributed by atoms with van der Waals surface area (Å²) in [7, 11) is 0. The Balaban J connectivity index is 1.98. The Labute approximate surface area is 139 Å². The molecule has 1 aromatic carbocycles. The Morgan fingerprint density at radius 1 is 1.30 bits per heavy atom. The molecule has 7 heteroatoms. The van der Waals surface area contributed by atoms with Gasteiger partial charge in [-0.1, -0.05) is 23.9 Å². The van der Waals surface area contributed by atoms with E-state index in [1.54, 1.807) is 12.1 Å². The SMILES string of the molecule is CCn1c(C)nnc1S[C@@H](C)C(=O)N[C@@H](C)c1ccc(F)cc1. The molecule has 0 aliphatic carbocycles. The molecule has 1 heterocycles. The molecule has 1 aromatic heterocycles. The zero-order chi connectivity index (χ0) is 17.0. The molecule has 0 bridgehead atoms. The molecule has 1 N–H and O–H groups in total. The minimum absolute atomic E-state index is 0.0878. The van der Waals surface area contributed by atoms with E-state index in [-0.39, 0.29) is 23.0 Å². The van der Waals surface area contributed by atoms with Crippen molar-refractivity contribution in [1.29, 1.82) is 0 Å². The molecule has 0 aliphatic rings. The molecule has 2 atom stereocenters. The van der Waals surface area contributed by atoms with Gasteiger partial charge in [-0.15, -0.1) is 10.2 Å². The average Bonchev–Trinajstić information content (AvgIpc) is 2.87. The Bertz CT molecular complexity index is 671.